The second kappa shape index (κ2) is 6.34. The molecule has 1 aliphatic rings. The molecular weight excluding hydrogens is 224 g/mol. The number of anilines is 1. The number of hydrogen-bond acceptors (Lipinski definition) is 4. The van der Waals surface area contributed by atoms with E-state index in [1.54, 1.807) is 12.4 Å². The summed E-state index contributed by atoms with van der Waals surface area (Å²) in [6.07, 6.45) is 10.8. The zero-order valence-electron chi connectivity index (χ0n) is 10.9. The average molecular weight is 244 g/mol. The Morgan fingerprint density at radius 1 is 1.33 bits per heavy atom. The number of aromatic nitrogens is 2. The number of nitrogens with zero attached hydrogens (tertiary/aromatic N) is 3. The first kappa shape index (κ1) is 12.8. The third-order valence-electron chi connectivity index (χ3n) is 3.78. The van der Waals surface area contributed by atoms with Crippen LogP contribution in [0.3, 0.4) is 0 Å². The second-order valence-corrected chi connectivity index (χ2v) is 4.92. The fraction of sp³-hybridized carbons (Fsp3) is 0.643. The van der Waals surface area contributed by atoms with Gasteiger partial charge in [0.2, 0.25) is 0 Å². The summed E-state index contributed by atoms with van der Waals surface area (Å²) < 4.78 is 0. The normalized spacial score (nSPS) is 18.0. The summed E-state index contributed by atoms with van der Waals surface area (Å²) in [7, 11) is 0. The van der Waals surface area contributed by atoms with Crippen LogP contribution in [0.15, 0.2) is 12.4 Å². The molecule has 1 aromatic rings. The second-order valence-electron chi connectivity index (χ2n) is 4.92. The predicted molar refractivity (Wildman–Crippen MR) is 71.0 cm³/mol. The molecule has 4 nitrogen and oxygen atoms in total. The van der Waals surface area contributed by atoms with Crippen LogP contribution >= 0.6 is 0 Å². The Labute approximate surface area is 108 Å². The Morgan fingerprint density at radius 3 is 2.72 bits per heavy atom. The van der Waals surface area contributed by atoms with Crippen LogP contribution in [0.4, 0.5) is 5.82 Å². The first-order valence-corrected chi connectivity index (χ1v) is 6.82. The van der Waals surface area contributed by atoms with Gasteiger partial charge in [0.15, 0.2) is 11.5 Å². The first-order valence-electron chi connectivity index (χ1n) is 6.82. The first-order chi connectivity index (χ1) is 8.85. The summed E-state index contributed by atoms with van der Waals surface area (Å²) in [5, 5.41) is 12.4. The number of hydrogen-bond donors (Lipinski definition) is 1. The van der Waals surface area contributed by atoms with Crippen molar-refractivity contribution in [2.45, 2.75) is 51.5 Å². The minimum atomic E-state index is 0.395. The molecule has 2 rings (SSSR count). The maximum absolute atomic E-state index is 9.02. The van der Waals surface area contributed by atoms with E-state index in [0.717, 1.165) is 6.42 Å². The molecule has 0 amide bonds. The number of nitrogens with one attached hydrogen (secondary N) is 1. The Hall–Kier alpha value is -1.63. The molecule has 1 saturated carbocycles. The average Bonchev–Trinajstić information content (AvgIpc) is 2.46. The number of rotatable bonds is 4. The van der Waals surface area contributed by atoms with E-state index in [9.17, 15) is 0 Å². The molecule has 0 saturated heterocycles. The van der Waals surface area contributed by atoms with Crippen molar-refractivity contribution < 1.29 is 0 Å². The quantitative estimate of drug-likeness (QED) is 0.884. The highest BCUT2D eigenvalue weighted by Crippen LogP contribution is 2.29. The summed E-state index contributed by atoms with van der Waals surface area (Å²) in [5.41, 5.74) is 0.395. The van der Waals surface area contributed by atoms with Crippen LogP contribution in [0.2, 0.25) is 0 Å². The highest BCUT2D eigenvalue weighted by molar-refractivity contribution is 5.47. The highest BCUT2D eigenvalue weighted by atomic mass is 15.0. The molecule has 96 valence electrons. The Bertz CT molecular complexity index is 418. The van der Waals surface area contributed by atoms with Crippen molar-refractivity contribution >= 4 is 5.82 Å². The summed E-state index contributed by atoms with van der Waals surface area (Å²) in [6, 6.07) is 2.50. The molecule has 1 fully saturated rings. The highest BCUT2D eigenvalue weighted by Gasteiger charge is 2.23. The minimum absolute atomic E-state index is 0.395. The zero-order valence-corrected chi connectivity index (χ0v) is 10.9. The van der Waals surface area contributed by atoms with E-state index in [1.165, 1.54) is 32.1 Å². The van der Waals surface area contributed by atoms with Crippen molar-refractivity contribution in [1.29, 1.82) is 5.26 Å². The van der Waals surface area contributed by atoms with Crippen molar-refractivity contribution in [1.82, 2.24) is 9.97 Å². The Morgan fingerprint density at radius 2 is 2.06 bits per heavy atom. The molecular formula is C14H20N4. The van der Waals surface area contributed by atoms with Crippen molar-refractivity contribution in [3.63, 3.8) is 0 Å². The van der Waals surface area contributed by atoms with E-state index in [4.69, 9.17) is 5.26 Å². The maximum atomic E-state index is 9.02. The zero-order chi connectivity index (χ0) is 12.8. The molecule has 0 bridgehead atoms. The van der Waals surface area contributed by atoms with Crippen LogP contribution in [-0.4, -0.2) is 16.0 Å². The van der Waals surface area contributed by atoms with Crippen LogP contribution in [0.1, 0.15) is 51.1 Å². The molecule has 4 heteroatoms. The maximum Gasteiger partial charge on any atom is 0.182 e. The largest absolute Gasteiger partial charge is 0.365 e. The van der Waals surface area contributed by atoms with Crippen molar-refractivity contribution in [2.24, 2.45) is 5.92 Å². The van der Waals surface area contributed by atoms with Crippen LogP contribution in [-0.2, 0) is 0 Å². The summed E-state index contributed by atoms with van der Waals surface area (Å²) in [5.74, 6) is 1.34. The van der Waals surface area contributed by atoms with E-state index in [2.05, 4.69) is 28.3 Å². The lowest BCUT2D eigenvalue weighted by Crippen LogP contribution is -2.30. The van der Waals surface area contributed by atoms with Crippen LogP contribution in [0.25, 0.3) is 0 Å². The molecule has 1 N–H and O–H groups in total. The monoisotopic (exact) mass is 244 g/mol. The Kier molecular flexibility index (Phi) is 4.52. The molecule has 1 unspecified atom stereocenters. The topological polar surface area (TPSA) is 61.6 Å². The number of nitriles is 1. The molecule has 1 heterocycles. The van der Waals surface area contributed by atoms with E-state index < -0.39 is 0 Å². The van der Waals surface area contributed by atoms with Gasteiger partial charge in [-0.05, 0) is 25.2 Å². The van der Waals surface area contributed by atoms with Gasteiger partial charge in [0.1, 0.15) is 6.07 Å². The molecule has 1 atom stereocenters. The van der Waals surface area contributed by atoms with Crippen LogP contribution in [0, 0.1) is 17.2 Å². The fourth-order valence-corrected chi connectivity index (χ4v) is 2.79. The van der Waals surface area contributed by atoms with E-state index in [0.29, 0.717) is 23.5 Å². The lowest BCUT2D eigenvalue weighted by molar-refractivity contribution is 0.312. The lowest BCUT2D eigenvalue weighted by Gasteiger charge is -2.30. The smallest absolute Gasteiger partial charge is 0.182 e. The standard InChI is InChI=1S/C14H20N4/c1-2-12(11-6-4-3-5-7-11)18-14-13(10-15)16-8-9-17-14/h8-9,11-12H,2-7H2,1H3,(H,17,18). The third kappa shape index (κ3) is 2.98. The Balaban J connectivity index is 2.07. The van der Waals surface area contributed by atoms with E-state index in [1.807, 2.05) is 0 Å². The van der Waals surface area contributed by atoms with Gasteiger partial charge in [-0.25, -0.2) is 9.97 Å². The molecule has 0 aromatic carbocycles. The SMILES string of the molecule is CCC(Nc1nccnc1C#N)C1CCCCC1. The molecule has 0 spiro atoms. The van der Waals surface area contributed by atoms with Crippen molar-refractivity contribution in [3.05, 3.63) is 18.1 Å². The van der Waals surface area contributed by atoms with Gasteiger partial charge in [-0.1, -0.05) is 26.2 Å². The summed E-state index contributed by atoms with van der Waals surface area (Å²) in [6.45, 7) is 2.19. The molecule has 1 aromatic heterocycles. The predicted octanol–water partition coefficient (Wildman–Crippen LogP) is 3.12. The van der Waals surface area contributed by atoms with E-state index >= 15 is 0 Å². The van der Waals surface area contributed by atoms with Gasteiger partial charge in [-0.15, -0.1) is 0 Å². The summed E-state index contributed by atoms with van der Waals surface area (Å²) in [4.78, 5) is 8.28. The van der Waals surface area contributed by atoms with Gasteiger partial charge in [0, 0.05) is 18.4 Å². The van der Waals surface area contributed by atoms with Gasteiger partial charge in [0.05, 0.1) is 0 Å². The molecule has 0 aliphatic heterocycles. The third-order valence-corrected chi connectivity index (χ3v) is 3.78. The van der Waals surface area contributed by atoms with Gasteiger partial charge in [0.25, 0.3) is 0 Å². The summed E-state index contributed by atoms with van der Waals surface area (Å²) >= 11 is 0. The van der Waals surface area contributed by atoms with Gasteiger partial charge in [-0.3, -0.25) is 0 Å². The van der Waals surface area contributed by atoms with Gasteiger partial charge >= 0.3 is 0 Å². The lowest BCUT2D eigenvalue weighted by atomic mass is 9.83. The fourth-order valence-electron chi connectivity index (χ4n) is 2.79. The van der Waals surface area contributed by atoms with Crippen molar-refractivity contribution in [2.75, 3.05) is 5.32 Å². The molecule has 1 aliphatic carbocycles. The molecule has 0 radical (unpaired) electrons. The van der Waals surface area contributed by atoms with Crippen LogP contribution < -0.4 is 5.32 Å². The van der Waals surface area contributed by atoms with Gasteiger partial charge < -0.3 is 5.32 Å². The molecule has 18 heavy (non-hydrogen) atoms. The van der Waals surface area contributed by atoms with E-state index in [-0.39, 0.29) is 0 Å². The van der Waals surface area contributed by atoms with Crippen LogP contribution in [0.5, 0.6) is 0 Å². The van der Waals surface area contributed by atoms with Gasteiger partial charge in [-0.2, -0.15) is 5.26 Å². The minimum Gasteiger partial charge on any atom is -0.365 e. The van der Waals surface area contributed by atoms with Crippen molar-refractivity contribution in [3.8, 4) is 6.07 Å².